The minimum absolute atomic E-state index is 0.228. The number of carbonyl (C=O) groups excluding carboxylic acids is 1. The summed E-state index contributed by atoms with van der Waals surface area (Å²) in [5.41, 5.74) is -0.355. The molecule has 23 heavy (non-hydrogen) atoms. The van der Waals surface area contributed by atoms with Crippen LogP contribution in [0.5, 0.6) is 5.75 Å². The number of likely N-dealkylation sites (tertiary alicyclic amines) is 1. The number of rotatable bonds is 4. The Hall–Kier alpha value is -2.18. The molecule has 1 saturated heterocycles. The molecule has 0 aromatic heterocycles. The van der Waals surface area contributed by atoms with Crippen LogP contribution in [0.4, 0.5) is 10.1 Å². The number of piperidine rings is 1. The molecule has 0 saturated carbocycles. The third-order valence-corrected chi connectivity index (χ3v) is 3.95. The molecule has 1 heterocycles. The van der Waals surface area contributed by atoms with Crippen LogP contribution in [-0.2, 0) is 4.79 Å². The van der Waals surface area contributed by atoms with Crippen molar-refractivity contribution < 1.29 is 18.8 Å². The van der Waals surface area contributed by atoms with Gasteiger partial charge in [-0.2, -0.15) is 0 Å². The van der Waals surface area contributed by atoms with Gasteiger partial charge in [0.1, 0.15) is 5.82 Å². The second-order valence-electron chi connectivity index (χ2n) is 6.32. The smallest absolute Gasteiger partial charge is 0.311 e. The number of nitro groups is 1. The van der Waals surface area contributed by atoms with E-state index in [1.54, 1.807) is 4.90 Å². The molecule has 0 unspecified atom stereocenters. The number of ether oxygens (including phenoxy) is 1. The molecule has 1 aliphatic rings. The zero-order valence-electron chi connectivity index (χ0n) is 13.5. The first-order valence-electron chi connectivity index (χ1n) is 7.67. The predicted octanol–water partition coefficient (Wildman–Crippen LogP) is 3.01. The van der Waals surface area contributed by atoms with Gasteiger partial charge in [0.05, 0.1) is 4.92 Å². The highest BCUT2D eigenvalue weighted by Crippen LogP contribution is 2.29. The number of nitro benzene ring substituents is 1. The zero-order valence-corrected chi connectivity index (χ0v) is 13.5. The van der Waals surface area contributed by atoms with Crippen LogP contribution in [0.2, 0.25) is 0 Å². The SMILES string of the molecule is C[C@@H]1C[C@H](C)CN(C(=O)[C@@H](C)Oc2cc(F)ccc2[N+](=O)[O-])C1. The molecule has 0 N–H and O–H groups in total. The Labute approximate surface area is 134 Å². The second kappa shape index (κ2) is 6.93. The van der Waals surface area contributed by atoms with Gasteiger partial charge in [-0.3, -0.25) is 14.9 Å². The van der Waals surface area contributed by atoms with Crippen molar-refractivity contribution in [3.05, 3.63) is 34.1 Å². The van der Waals surface area contributed by atoms with Crippen molar-refractivity contribution >= 4 is 11.6 Å². The third kappa shape index (κ3) is 4.18. The Morgan fingerprint density at radius 3 is 2.57 bits per heavy atom. The first-order chi connectivity index (χ1) is 10.8. The Balaban J connectivity index is 2.12. The average Bonchev–Trinajstić information content (AvgIpc) is 2.45. The summed E-state index contributed by atoms with van der Waals surface area (Å²) in [5, 5.41) is 11.0. The molecule has 0 radical (unpaired) electrons. The van der Waals surface area contributed by atoms with Crippen LogP contribution in [0.15, 0.2) is 18.2 Å². The number of benzene rings is 1. The molecule has 2 rings (SSSR count). The van der Waals surface area contributed by atoms with Gasteiger partial charge in [-0.15, -0.1) is 0 Å². The summed E-state index contributed by atoms with van der Waals surface area (Å²) in [6, 6.07) is 2.96. The van der Waals surface area contributed by atoms with E-state index < -0.39 is 16.8 Å². The quantitative estimate of drug-likeness (QED) is 0.630. The van der Waals surface area contributed by atoms with E-state index in [0.717, 1.165) is 24.6 Å². The van der Waals surface area contributed by atoms with E-state index in [0.29, 0.717) is 24.9 Å². The lowest BCUT2D eigenvalue weighted by Gasteiger charge is -2.36. The van der Waals surface area contributed by atoms with E-state index in [4.69, 9.17) is 4.74 Å². The lowest BCUT2D eigenvalue weighted by Crippen LogP contribution is -2.47. The summed E-state index contributed by atoms with van der Waals surface area (Å²) in [7, 11) is 0. The van der Waals surface area contributed by atoms with Gasteiger partial charge in [0, 0.05) is 25.2 Å². The maximum absolute atomic E-state index is 13.3. The van der Waals surface area contributed by atoms with Crippen LogP contribution in [-0.4, -0.2) is 34.9 Å². The normalized spacial score (nSPS) is 22.5. The van der Waals surface area contributed by atoms with Gasteiger partial charge < -0.3 is 9.64 Å². The van der Waals surface area contributed by atoms with Crippen LogP contribution in [0.1, 0.15) is 27.2 Å². The van der Waals surface area contributed by atoms with E-state index >= 15 is 0 Å². The largest absolute Gasteiger partial charge is 0.474 e. The van der Waals surface area contributed by atoms with Crippen LogP contribution in [0.25, 0.3) is 0 Å². The topological polar surface area (TPSA) is 72.7 Å². The Bertz CT molecular complexity index is 598. The van der Waals surface area contributed by atoms with E-state index in [-0.39, 0.29) is 17.3 Å². The summed E-state index contributed by atoms with van der Waals surface area (Å²) < 4.78 is 18.7. The van der Waals surface area contributed by atoms with Crippen molar-refractivity contribution in [1.29, 1.82) is 0 Å². The van der Waals surface area contributed by atoms with Gasteiger partial charge in [0.2, 0.25) is 5.75 Å². The molecule has 3 atom stereocenters. The highest BCUT2D eigenvalue weighted by molar-refractivity contribution is 5.81. The highest BCUT2D eigenvalue weighted by atomic mass is 19.1. The molecule has 1 aromatic rings. The number of hydrogen-bond donors (Lipinski definition) is 0. The van der Waals surface area contributed by atoms with Crippen LogP contribution < -0.4 is 4.74 Å². The molecular formula is C16H21FN2O4. The first-order valence-corrected chi connectivity index (χ1v) is 7.67. The van der Waals surface area contributed by atoms with Crippen molar-refractivity contribution in [1.82, 2.24) is 4.90 Å². The third-order valence-electron chi connectivity index (χ3n) is 3.95. The molecule has 1 aromatic carbocycles. The molecule has 1 amide bonds. The number of halogens is 1. The second-order valence-corrected chi connectivity index (χ2v) is 6.32. The van der Waals surface area contributed by atoms with Gasteiger partial charge in [0.25, 0.3) is 5.91 Å². The summed E-state index contributed by atoms with van der Waals surface area (Å²) >= 11 is 0. The minimum atomic E-state index is -0.909. The fourth-order valence-corrected chi connectivity index (χ4v) is 3.07. The van der Waals surface area contributed by atoms with E-state index in [2.05, 4.69) is 13.8 Å². The van der Waals surface area contributed by atoms with Gasteiger partial charge in [-0.25, -0.2) is 4.39 Å². The van der Waals surface area contributed by atoms with Crippen LogP contribution >= 0.6 is 0 Å². The molecule has 0 spiro atoms. The maximum atomic E-state index is 13.3. The molecule has 1 aliphatic heterocycles. The molecule has 0 bridgehead atoms. The average molecular weight is 324 g/mol. The summed E-state index contributed by atoms with van der Waals surface area (Å²) in [5.74, 6) is -0.307. The zero-order chi connectivity index (χ0) is 17.1. The number of nitrogens with zero attached hydrogens (tertiary/aromatic N) is 2. The lowest BCUT2D eigenvalue weighted by atomic mass is 9.91. The summed E-state index contributed by atoms with van der Waals surface area (Å²) in [6.07, 6.45) is 0.155. The molecule has 126 valence electrons. The van der Waals surface area contributed by atoms with Gasteiger partial charge in [0.15, 0.2) is 6.10 Å². The van der Waals surface area contributed by atoms with Crippen molar-refractivity contribution in [2.45, 2.75) is 33.3 Å². The van der Waals surface area contributed by atoms with Crippen LogP contribution in [0, 0.1) is 27.8 Å². The van der Waals surface area contributed by atoms with Crippen molar-refractivity contribution in [3.8, 4) is 5.75 Å². The van der Waals surface area contributed by atoms with Crippen molar-refractivity contribution in [2.75, 3.05) is 13.1 Å². The standard InChI is InChI=1S/C16H21FN2O4/c1-10-6-11(2)9-18(8-10)16(20)12(3)23-15-7-13(17)4-5-14(15)19(21)22/h4-5,7,10-12H,6,8-9H2,1-3H3/t10-,11+,12-/m1/s1. The predicted molar refractivity (Wildman–Crippen MR) is 82.7 cm³/mol. The summed E-state index contributed by atoms with van der Waals surface area (Å²) in [4.78, 5) is 24.5. The molecule has 7 heteroatoms. The Morgan fingerprint density at radius 2 is 2.00 bits per heavy atom. The first kappa shape index (κ1) is 17.2. The van der Waals surface area contributed by atoms with E-state index in [1.807, 2.05) is 0 Å². The number of amides is 1. The van der Waals surface area contributed by atoms with Crippen molar-refractivity contribution in [3.63, 3.8) is 0 Å². The minimum Gasteiger partial charge on any atom is -0.474 e. The summed E-state index contributed by atoms with van der Waals surface area (Å²) in [6.45, 7) is 6.98. The number of carbonyl (C=O) groups is 1. The fourth-order valence-electron chi connectivity index (χ4n) is 3.07. The molecule has 0 aliphatic carbocycles. The highest BCUT2D eigenvalue weighted by Gasteiger charge is 2.30. The fraction of sp³-hybridized carbons (Fsp3) is 0.562. The van der Waals surface area contributed by atoms with Gasteiger partial charge in [-0.1, -0.05) is 13.8 Å². The molecule has 1 fully saturated rings. The number of hydrogen-bond acceptors (Lipinski definition) is 4. The van der Waals surface area contributed by atoms with Crippen molar-refractivity contribution in [2.24, 2.45) is 11.8 Å². The molecular weight excluding hydrogens is 303 g/mol. The Kier molecular flexibility index (Phi) is 5.18. The molecule has 6 nitrogen and oxygen atoms in total. The van der Waals surface area contributed by atoms with E-state index in [1.165, 1.54) is 6.92 Å². The van der Waals surface area contributed by atoms with Gasteiger partial charge >= 0.3 is 5.69 Å². The monoisotopic (exact) mass is 324 g/mol. The van der Waals surface area contributed by atoms with Crippen LogP contribution in [0.3, 0.4) is 0 Å². The van der Waals surface area contributed by atoms with E-state index in [9.17, 15) is 19.3 Å². The maximum Gasteiger partial charge on any atom is 0.311 e. The Morgan fingerprint density at radius 1 is 1.39 bits per heavy atom. The van der Waals surface area contributed by atoms with Gasteiger partial charge in [-0.05, 0) is 31.2 Å². The lowest BCUT2D eigenvalue weighted by molar-refractivity contribution is -0.386.